The Bertz CT molecular complexity index is 1100. The van der Waals surface area contributed by atoms with Crippen LogP contribution in [0.25, 0.3) is 0 Å². The van der Waals surface area contributed by atoms with Gasteiger partial charge in [0, 0.05) is 22.6 Å². The number of fused-ring (bicyclic) bond motifs is 3. The molecule has 0 amide bonds. The van der Waals surface area contributed by atoms with E-state index >= 15 is 0 Å². The largest absolute Gasteiger partial charge is 0.497 e. The van der Waals surface area contributed by atoms with Crippen LogP contribution in [-0.2, 0) is 0 Å². The number of ether oxygens (including phenoxy) is 2. The highest BCUT2D eigenvalue weighted by molar-refractivity contribution is 6.30. The lowest BCUT2D eigenvalue weighted by Crippen LogP contribution is -2.33. The molecule has 0 aliphatic carbocycles. The fourth-order valence-corrected chi connectivity index (χ4v) is 4.08. The van der Waals surface area contributed by atoms with E-state index in [4.69, 9.17) is 26.2 Å². The highest BCUT2D eigenvalue weighted by Gasteiger charge is 2.41. The lowest BCUT2D eigenvalue weighted by Gasteiger charge is -2.38. The maximum absolute atomic E-state index is 13.9. The Morgan fingerprint density at radius 2 is 1.93 bits per heavy atom. The summed E-state index contributed by atoms with van der Waals surface area (Å²) in [7, 11) is 1.64. The van der Waals surface area contributed by atoms with Crippen LogP contribution in [-0.4, -0.2) is 17.8 Å². The molecule has 4 nitrogen and oxygen atoms in total. The molecule has 0 fully saturated rings. The van der Waals surface area contributed by atoms with Crippen LogP contribution in [0.4, 0.5) is 4.39 Å². The van der Waals surface area contributed by atoms with Crippen LogP contribution in [0.1, 0.15) is 35.4 Å². The number of rotatable bonds is 3. The van der Waals surface area contributed by atoms with Crippen LogP contribution in [0.15, 0.2) is 71.8 Å². The van der Waals surface area contributed by atoms with E-state index in [1.807, 2.05) is 47.5 Å². The first-order valence-electron chi connectivity index (χ1n) is 9.34. The number of methoxy groups -OCH3 is 1. The molecule has 3 aromatic carbocycles. The lowest BCUT2D eigenvalue weighted by atomic mass is 9.96. The Balaban J connectivity index is 1.58. The van der Waals surface area contributed by atoms with E-state index < -0.39 is 6.23 Å². The third-order valence-corrected chi connectivity index (χ3v) is 5.54. The van der Waals surface area contributed by atoms with E-state index in [9.17, 15) is 4.39 Å². The molecule has 0 saturated carbocycles. The number of hydrogen-bond donors (Lipinski definition) is 0. The van der Waals surface area contributed by atoms with Crippen molar-refractivity contribution < 1.29 is 13.9 Å². The first-order valence-corrected chi connectivity index (χ1v) is 9.72. The minimum Gasteiger partial charge on any atom is -0.497 e. The molecular weight excluding hydrogens is 391 g/mol. The van der Waals surface area contributed by atoms with Crippen molar-refractivity contribution in [1.29, 1.82) is 0 Å². The molecule has 0 N–H and O–H groups in total. The monoisotopic (exact) mass is 408 g/mol. The Kier molecular flexibility index (Phi) is 4.40. The SMILES string of the molecule is COc1ccc(C2=NN3[C@H](C2)c2cc(Cl)ccc2O[C@H]3c2cccc(F)c2)cc1. The second-order valence-electron chi connectivity index (χ2n) is 7.08. The van der Waals surface area contributed by atoms with Gasteiger partial charge in [-0.15, -0.1) is 0 Å². The molecule has 6 heteroatoms. The highest BCUT2D eigenvalue weighted by atomic mass is 35.5. The topological polar surface area (TPSA) is 34.1 Å². The van der Waals surface area contributed by atoms with Crippen molar-refractivity contribution in [1.82, 2.24) is 5.01 Å². The zero-order chi connectivity index (χ0) is 20.0. The molecule has 0 unspecified atom stereocenters. The van der Waals surface area contributed by atoms with Gasteiger partial charge in [-0.3, -0.25) is 0 Å². The molecule has 2 heterocycles. The van der Waals surface area contributed by atoms with Gasteiger partial charge in [-0.25, -0.2) is 9.40 Å². The molecule has 3 aromatic rings. The minimum absolute atomic E-state index is 0.0391. The predicted octanol–water partition coefficient (Wildman–Crippen LogP) is 5.73. The van der Waals surface area contributed by atoms with Gasteiger partial charge in [-0.2, -0.15) is 5.10 Å². The zero-order valence-corrected chi connectivity index (χ0v) is 16.4. The maximum atomic E-state index is 13.9. The van der Waals surface area contributed by atoms with Crippen molar-refractivity contribution in [3.63, 3.8) is 0 Å². The van der Waals surface area contributed by atoms with E-state index in [1.54, 1.807) is 19.2 Å². The summed E-state index contributed by atoms with van der Waals surface area (Å²) in [5.41, 5.74) is 3.66. The van der Waals surface area contributed by atoms with Gasteiger partial charge in [0.05, 0.1) is 18.9 Å². The Morgan fingerprint density at radius 3 is 2.69 bits per heavy atom. The van der Waals surface area contributed by atoms with Crippen LogP contribution < -0.4 is 9.47 Å². The summed E-state index contributed by atoms with van der Waals surface area (Å²) in [6.45, 7) is 0. The van der Waals surface area contributed by atoms with Gasteiger partial charge in [0.2, 0.25) is 6.23 Å². The van der Waals surface area contributed by atoms with Crippen molar-refractivity contribution in [2.45, 2.75) is 18.7 Å². The van der Waals surface area contributed by atoms with E-state index in [1.165, 1.54) is 12.1 Å². The average Bonchev–Trinajstić information content (AvgIpc) is 3.19. The van der Waals surface area contributed by atoms with E-state index in [2.05, 4.69) is 0 Å². The van der Waals surface area contributed by atoms with Crippen molar-refractivity contribution in [2.24, 2.45) is 5.10 Å². The van der Waals surface area contributed by atoms with Crippen molar-refractivity contribution in [3.05, 3.63) is 94.3 Å². The molecule has 0 aromatic heterocycles. The summed E-state index contributed by atoms with van der Waals surface area (Å²) >= 11 is 6.25. The first kappa shape index (κ1) is 18.0. The Morgan fingerprint density at radius 1 is 1.10 bits per heavy atom. The van der Waals surface area contributed by atoms with Crippen LogP contribution in [0, 0.1) is 5.82 Å². The van der Waals surface area contributed by atoms with Gasteiger partial charge in [0.25, 0.3) is 0 Å². The molecule has 29 heavy (non-hydrogen) atoms. The molecule has 0 radical (unpaired) electrons. The van der Waals surface area contributed by atoms with Crippen molar-refractivity contribution in [2.75, 3.05) is 7.11 Å². The number of benzene rings is 3. The summed E-state index contributed by atoms with van der Waals surface area (Å²) in [4.78, 5) is 0. The molecule has 5 rings (SSSR count). The van der Waals surface area contributed by atoms with Crippen molar-refractivity contribution in [3.8, 4) is 11.5 Å². The number of hydrazone groups is 1. The fourth-order valence-electron chi connectivity index (χ4n) is 3.90. The lowest BCUT2D eigenvalue weighted by molar-refractivity contribution is -0.0192. The van der Waals surface area contributed by atoms with Gasteiger partial charge < -0.3 is 9.47 Å². The molecule has 2 aliphatic rings. The Hall–Kier alpha value is -3.05. The van der Waals surface area contributed by atoms with E-state index in [-0.39, 0.29) is 11.9 Å². The maximum Gasteiger partial charge on any atom is 0.213 e. The summed E-state index contributed by atoms with van der Waals surface area (Å²) in [5.74, 6) is 1.24. The quantitative estimate of drug-likeness (QED) is 0.555. The van der Waals surface area contributed by atoms with Gasteiger partial charge in [-0.05, 0) is 60.2 Å². The summed E-state index contributed by atoms with van der Waals surface area (Å²) < 4.78 is 25.4. The molecule has 0 bridgehead atoms. The van der Waals surface area contributed by atoms with Crippen LogP contribution >= 0.6 is 11.6 Å². The predicted molar refractivity (Wildman–Crippen MR) is 110 cm³/mol. The van der Waals surface area contributed by atoms with E-state index in [0.29, 0.717) is 11.4 Å². The summed E-state index contributed by atoms with van der Waals surface area (Å²) in [5, 5.41) is 7.43. The fraction of sp³-hybridized carbons (Fsp3) is 0.174. The second kappa shape index (κ2) is 7.08. The summed E-state index contributed by atoms with van der Waals surface area (Å²) in [6, 6.07) is 19.8. The average molecular weight is 409 g/mol. The normalized spacial score (nSPS) is 19.8. The van der Waals surface area contributed by atoms with Crippen molar-refractivity contribution >= 4 is 17.3 Å². The number of nitrogens with zero attached hydrogens (tertiary/aromatic N) is 2. The van der Waals surface area contributed by atoms with Crippen LogP contribution in [0.3, 0.4) is 0 Å². The minimum atomic E-state index is -0.514. The number of halogens is 2. The third-order valence-electron chi connectivity index (χ3n) is 5.31. The zero-order valence-electron chi connectivity index (χ0n) is 15.7. The van der Waals surface area contributed by atoms with Gasteiger partial charge >= 0.3 is 0 Å². The molecule has 146 valence electrons. The van der Waals surface area contributed by atoms with E-state index in [0.717, 1.165) is 33.9 Å². The second-order valence-corrected chi connectivity index (χ2v) is 7.52. The molecule has 2 atom stereocenters. The molecule has 0 spiro atoms. The number of hydrogen-bond acceptors (Lipinski definition) is 4. The first-order chi connectivity index (χ1) is 14.1. The van der Waals surface area contributed by atoms with Gasteiger partial charge in [0.1, 0.15) is 17.3 Å². The van der Waals surface area contributed by atoms with Crippen LogP contribution in [0.5, 0.6) is 11.5 Å². The van der Waals surface area contributed by atoms with Crippen LogP contribution in [0.2, 0.25) is 5.02 Å². The molecule has 2 aliphatic heterocycles. The standard InChI is InChI=1S/C23H18ClFN2O2/c1-28-18-8-5-14(6-9-18)20-13-21-19-12-16(24)7-10-22(19)29-23(27(21)26-20)15-3-2-4-17(25)11-15/h2-12,21,23H,13H2,1H3/t21-,23+/m1/s1. The third kappa shape index (κ3) is 3.21. The van der Waals surface area contributed by atoms with Gasteiger partial charge in [-0.1, -0.05) is 23.7 Å². The molecular formula is C23H18ClFN2O2. The summed E-state index contributed by atoms with van der Waals surface area (Å²) in [6.07, 6.45) is 0.189. The Labute approximate surface area is 173 Å². The smallest absolute Gasteiger partial charge is 0.213 e. The highest BCUT2D eigenvalue weighted by Crippen LogP contribution is 2.48. The molecule has 0 saturated heterocycles. The van der Waals surface area contributed by atoms with Gasteiger partial charge in [0.15, 0.2) is 0 Å².